The minimum Gasteiger partial charge on any atom is -0.452 e. The van der Waals surface area contributed by atoms with Gasteiger partial charge in [0, 0.05) is 21.9 Å². The largest absolute Gasteiger partial charge is 0.452 e. The van der Waals surface area contributed by atoms with E-state index in [1.807, 2.05) is 0 Å². The third kappa shape index (κ3) is 4.82. The van der Waals surface area contributed by atoms with E-state index in [0.717, 1.165) is 110 Å². The Bertz CT molecular complexity index is 4210. The molecule has 306 valence electrons. The summed E-state index contributed by atoms with van der Waals surface area (Å²) in [5, 5.41) is 9.12. The zero-order chi connectivity index (χ0) is 43.0. The molecule has 0 spiro atoms. The van der Waals surface area contributed by atoms with Crippen molar-refractivity contribution in [1.29, 1.82) is 0 Å². The van der Waals surface area contributed by atoms with Crippen LogP contribution < -0.4 is 0 Å². The lowest BCUT2D eigenvalue weighted by molar-refractivity contribution is 0.654. The molecule has 4 heterocycles. The normalized spacial score (nSPS) is 12.2. The Labute approximate surface area is 377 Å². The second kappa shape index (κ2) is 13.3. The summed E-state index contributed by atoms with van der Waals surface area (Å²) in [6.45, 7) is 0. The van der Waals surface area contributed by atoms with E-state index < -0.39 is 0 Å². The van der Waals surface area contributed by atoms with Gasteiger partial charge in [-0.25, -0.2) is 0 Å². The van der Waals surface area contributed by atoms with Crippen LogP contribution in [0.2, 0.25) is 0 Å². The van der Waals surface area contributed by atoms with Crippen molar-refractivity contribution in [3.63, 3.8) is 0 Å². The van der Waals surface area contributed by atoms with E-state index in [1.54, 1.807) is 0 Å². The number of hydrogen-bond donors (Lipinski definition) is 0. The van der Waals surface area contributed by atoms with Crippen LogP contribution in [0.5, 0.6) is 0 Å². The topological polar surface area (TPSA) is 35.1 Å². The summed E-state index contributed by atoms with van der Waals surface area (Å²) >= 11 is 0. The predicted octanol–water partition coefficient (Wildman–Crippen LogP) is 17.3. The first kappa shape index (κ1) is 35.6. The van der Waals surface area contributed by atoms with Gasteiger partial charge in [-0.3, -0.25) is 0 Å². The van der Waals surface area contributed by atoms with Crippen molar-refractivity contribution >= 4 is 98.5 Å². The molecule has 0 N–H and O–H groups in total. The van der Waals surface area contributed by atoms with Gasteiger partial charge in [0.05, 0.1) is 32.8 Å². The molecule has 0 saturated heterocycles. The highest BCUT2D eigenvalue weighted by Gasteiger charge is 2.29. The molecular formula is C62H36N2O2. The summed E-state index contributed by atoms with van der Waals surface area (Å²) < 4.78 is 20.1. The molecule has 4 nitrogen and oxygen atoms in total. The molecule has 11 aromatic carbocycles. The number of aromatic nitrogens is 2. The standard InChI is InChI=1S/C62H36N2O2/c1-3-15-39(16-4-1)47-27-13-29-53-59(47)65-61-55-50-36-42(46-26-12-22-38-20-8-10-24-44(38)46)32-34-52(50)64-54-30-14-28-48(40-17-5-2-6-18-40)60(54)66-62(58(55)64)56-49-35-41(31-33-51(49)63(53)57(56)61)45-25-11-21-37-19-7-9-23-43(37)45/h1-36H. The van der Waals surface area contributed by atoms with Crippen LogP contribution in [0.4, 0.5) is 0 Å². The molecule has 0 atom stereocenters. The quantitative estimate of drug-likeness (QED) is 0.166. The zero-order valence-corrected chi connectivity index (χ0v) is 35.5. The van der Waals surface area contributed by atoms with Crippen LogP contribution in [-0.4, -0.2) is 8.80 Å². The third-order valence-electron chi connectivity index (χ3n) is 14.1. The van der Waals surface area contributed by atoms with Crippen LogP contribution in [0.1, 0.15) is 0 Å². The fourth-order valence-electron chi connectivity index (χ4n) is 11.2. The molecule has 0 amide bonds. The number of nitrogens with zero attached hydrogens (tertiary/aromatic N) is 2. The van der Waals surface area contributed by atoms with Gasteiger partial charge in [0.15, 0.2) is 22.3 Å². The van der Waals surface area contributed by atoms with E-state index in [-0.39, 0.29) is 0 Å². The average Bonchev–Trinajstić information content (AvgIpc) is 3.92. The molecule has 4 aromatic heterocycles. The minimum absolute atomic E-state index is 0.827. The minimum atomic E-state index is 0.827. The number of hydrogen-bond acceptors (Lipinski definition) is 2. The molecule has 0 fully saturated rings. The summed E-state index contributed by atoms with van der Waals surface area (Å²) in [7, 11) is 0. The molecule has 0 saturated carbocycles. The smallest absolute Gasteiger partial charge is 0.162 e. The maximum Gasteiger partial charge on any atom is 0.162 e. The van der Waals surface area contributed by atoms with E-state index >= 15 is 0 Å². The molecule has 15 rings (SSSR count). The van der Waals surface area contributed by atoms with Gasteiger partial charge in [-0.2, -0.15) is 0 Å². The molecule has 66 heavy (non-hydrogen) atoms. The monoisotopic (exact) mass is 840 g/mol. The van der Waals surface area contributed by atoms with Crippen molar-refractivity contribution < 1.29 is 8.83 Å². The maximum atomic E-state index is 7.60. The molecule has 0 bridgehead atoms. The summed E-state index contributed by atoms with van der Waals surface area (Å²) in [6, 6.07) is 78.7. The fraction of sp³-hybridized carbons (Fsp3) is 0. The molecule has 0 aliphatic rings. The molecule has 15 aromatic rings. The molecule has 0 radical (unpaired) electrons. The molecular weight excluding hydrogens is 805 g/mol. The summed E-state index contributed by atoms with van der Waals surface area (Å²) in [6.07, 6.45) is 0. The van der Waals surface area contributed by atoms with E-state index in [0.29, 0.717) is 0 Å². The molecule has 0 aliphatic heterocycles. The Morgan fingerprint density at radius 1 is 0.258 bits per heavy atom. The van der Waals surface area contributed by atoms with Crippen molar-refractivity contribution in [2.45, 2.75) is 0 Å². The fourth-order valence-corrected chi connectivity index (χ4v) is 11.2. The van der Waals surface area contributed by atoms with Gasteiger partial charge >= 0.3 is 0 Å². The first-order chi connectivity index (χ1) is 32.8. The second-order valence-corrected chi connectivity index (χ2v) is 17.5. The first-order valence-corrected chi connectivity index (χ1v) is 22.6. The SMILES string of the molecule is c1ccc(-c2cccc3c2oc2c4c5cc(-c6cccc7ccccc67)ccc5n5c6cccc(-c7ccccc7)c6oc(c6c7cc(-c8cccc9ccccc89)ccc7n3c26)c45)cc1. The number of rotatable bonds is 4. The molecule has 0 aliphatic carbocycles. The summed E-state index contributed by atoms with van der Waals surface area (Å²) in [5.41, 5.74) is 18.4. The van der Waals surface area contributed by atoms with Crippen molar-refractivity contribution in [3.05, 3.63) is 218 Å². The first-order valence-electron chi connectivity index (χ1n) is 22.6. The lowest BCUT2D eigenvalue weighted by atomic mass is 9.96. The van der Waals surface area contributed by atoms with Crippen LogP contribution >= 0.6 is 0 Å². The van der Waals surface area contributed by atoms with E-state index in [9.17, 15) is 0 Å². The van der Waals surface area contributed by atoms with Crippen LogP contribution in [-0.2, 0) is 0 Å². The Morgan fingerprint density at radius 2 is 0.652 bits per heavy atom. The lowest BCUT2D eigenvalue weighted by Gasteiger charge is -2.14. The van der Waals surface area contributed by atoms with Crippen LogP contribution in [0.25, 0.3) is 143 Å². The Kier molecular flexibility index (Phi) is 7.19. The van der Waals surface area contributed by atoms with E-state index in [1.165, 1.54) is 32.7 Å². The highest BCUT2D eigenvalue weighted by Crippen LogP contribution is 2.50. The van der Waals surface area contributed by atoms with Gasteiger partial charge in [0.1, 0.15) is 11.0 Å². The van der Waals surface area contributed by atoms with Crippen LogP contribution in [0.3, 0.4) is 0 Å². The number of benzene rings is 11. The molecule has 0 unspecified atom stereocenters. The predicted molar refractivity (Wildman–Crippen MR) is 275 cm³/mol. The van der Waals surface area contributed by atoms with Gasteiger partial charge in [-0.15, -0.1) is 0 Å². The Morgan fingerprint density at radius 3 is 1.12 bits per heavy atom. The summed E-state index contributed by atoms with van der Waals surface area (Å²) in [5.74, 6) is 0. The van der Waals surface area contributed by atoms with Gasteiger partial charge in [-0.05, 0) is 91.3 Å². The summed E-state index contributed by atoms with van der Waals surface area (Å²) in [4.78, 5) is 0. The van der Waals surface area contributed by atoms with Gasteiger partial charge < -0.3 is 17.6 Å². The highest BCUT2D eigenvalue weighted by molar-refractivity contribution is 6.35. The number of fused-ring (bicyclic) bond motifs is 14. The third-order valence-corrected chi connectivity index (χ3v) is 14.1. The van der Waals surface area contributed by atoms with Crippen molar-refractivity contribution in [2.75, 3.05) is 0 Å². The van der Waals surface area contributed by atoms with E-state index in [2.05, 4.69) is 227 Å². The van der Waals surface area contributed by atoms with Crippen molar-refractivity contribution in [2.24, 2.45) is 0 Å². The van der Waals surface area contributed by atoms with Gasteiger partial charge in [-0.1, -0.05) is 182 Å². The highest BCUT2D eigenvalue weighted by atomic mass is 16.3. The maximum absolute atomic E-state index is 7.60. The van der Waals surface area contributed by atoms with Crippen molar-refractivity contribution in [1.82, 2.24) is 8.80 Å². The Hall–Kier alpha value is -8.86. The average molecular weight is 841 g/mol. The van der Waals surface area contributed by atoms with Crippen molar-refractivity contribution in [3.8, 4) is 44.5 Å². The van der Waals surface area contributed by atoms with Gasteiger partial charge in [0.25, 0.3) is 0 Å². The Balaban J connectivity index is 1.19. The van der Waals surface area contributed by atoms with Gasteiger partial charge in [0.2, 0.25) is 0 Å². The number of para-hydroxylation sites is 2. The zero-order valence-electron chi connectivity index (χ0n) is 35.5. The lowest BCUT2D eigenvalue weighted by Crippen LogP contribution is -1.95. The molecule has 4 heteroatoms. The van der Waals surface area contributed by atoms with Crippen LogP contribution in [0.15, 0.2) is 227 Å². The van der Waals surface area contributed by atoms with Crippen LogP contribution in [0, 0.1) is 0 Å². The second-order valence-electron chi connectivity index (χ2n) is 17.5. The van der Waals surface area contributed by atoms with E-state index in [4.69, 9.17) is 8.83 Å².